The van der Waals surface area contributed by atoms with E-state index in [4.69, 9.17) is 23.2 Å². The quantitative estimate of drug-likeness (QED) is 0.671. The highest BCUT2D eigenvalue weighted by Crippen LogP contribution is 2.21. The number of hydrogen-bond donors (Lipinski definition) is 1. The summed E-state index contributed by atoms with van der Waals surface area (Å²) < 4.78 is 21.4. The van der Waals surface area contributed by atoms with Crippen LogP contribution in [0.4, 0.5) is 0 Å². The van der Waals surface area contributed by atoms with Crippen LogP contribution in [0.1, 0.15) is 5.56 Å². The maximum Gasteiger partial charge on any atom is 0.244 e. The number of hydrogen-bond acceptors (Lipinski definition) is 3. The van der Waals surface area contributed by atoms with Crippen molar-refractivity contribution in [2.75, 3.05) is 6.26 Å². The van der Waals surface area contributed by atoms with Gasteiger partial charge in [0.1, 0.15) is 0 Å². The highest BCUT2D eigenvalue weighted by atomic mass is 35.5. The summed E-state index contributed by atoms with van der Waals surface area (Å²) in [4.78, 5) is 1.95. The van der Waals surface area contributed by atoms with Crippen LogP contribution in [0.5, 0.6) is 0 Å². The predicted molar refractivity (Wildman–Crippen MR) is 62.0 cm³/mol. The molecular weight excluding hydrogens is 259 g/mol. The molecule has 15 heavy (non-hydrogen) atoms. The van der Waals surface area contributed by atoms with Crippen LogP contribution >= 0.6 is 23.2 Å². The van der Waals surface area contributed by atoms with E-state index < -0.39 is 10.0 Å². The van der Waals surface area contributed by atoms with Gasteiger partial charge in [0.15, 0.2) is 0 Å². The van der Waals surface area contributed by atoms with E-state index in [0.717, 1.165) is 6.26 Å². The number of hydrazone groups is 1. The Morgan fingerprint density at radius 1 is 1.33 bits per heavy atom. The number of sulfonamides is 1. The van der Waals surface area contributed by atoms with E-state index in [1.165, 1.54) is 6.21 Å². The zero-order chi connectivity index (χ0) is 11.5. The molecule has 0 unspecified atom stereocenters. The second kappa shape index (κ2) is 4.83. The first-order valence-corrected chi connectivity index (χ1v) is 6.49. The molecule has 0 heterocycles. The summed E-state index contributed by atoms with van der Waals surface area (Å²) >= 11 is 11.7. The molecule has 0 saturated heterocycles. The lowest BCUT2D eigenvalue weighted by molar-refractivity contribution is 0.591. The molecule has 1 aromatic carbocycles. The third-order valence-corrected chi connectivity index (χ3v) is 2.51. The molecule has 82 valence electrons. The van der Waals surface area contributed by atoms with Gasteiger partial charge >= 0.3 is 0 Å². The van der Waals surface area contributed by atoms with Crippen LogP contribution in [0.3, 0.4) is 0 Å². The normalized spacial score (nSPS) is 11.9. The van der Waals surface area contributed by atoms with Crippen molar-refractivity contribution in [1.29, 1.82) is 0 Å². The van der Waals surface area contributed by atoms with Crippen molar-refractivity contribution >= 4 is 39.4 Å². The summed E-state index contributed by atoms with van der Waals surface area (Å²) in [5, 5.41) is 4.31. The van der Waals surface area contributed by atoms with E-state index in [1.807, 2.05) is 4.83 Å². The molecule has 1 aromatic rings. The predicted octanol–water partition coefficient (Wildman–Crippen LogP) is 1.88. The van der Waals surface area contributed by atoms with Gasteiger partial charge in [-0.15, -0.1) is 0 Å². The minimum atomic E-state index is -3.35. The monoisotopic (exact) mass is 266 g/mol. The van der Waals surface area contributed by atoms with Crippen LogP contribution in [0.2, 0.25) is 10.0 Å². The topological polar surface area (TPSA) is 58.5 Å². The molecule has 0 fully saturated rings. The van der Waals surface area contributed by atoms with Gasteiger partial charge < -0.3 is 0 Å². The highest BCUT2D eigenvalue weighted by molar-refractivity contribution is 7.88. The second-order valence-corrected chi connectivity index (χ2v) is 5.30. The molecule has 0 atom stereocenters. The standard InChI is InChI=1S/C8H8Cl2N2O2S/c1-15(13,14)12-11-5-6-7(9)3-2-4-8(6)10/h2-5,12H,1H3. The van der Waals surface area contributed by atoms with Crippen molar-refractivity contribution in [2.24, 2.45) is 5.10 Å². The largest absolute Gasteiger partial charge is 0.244 e. The molecule has 7 heteroatoms. The van der Waals surface area contributed by atoms with Crippen LogP contribution in [0, 0.1) is 0 Å². The van der Waals surface area contributed by atoms with E-state index in [-0.39, 0.29) is 0 Å². The molecular formula is C8H8Cl2N2O2S. The number of benzene rings is 1. The summed E-state index contributed by atoms with van der Waals surface area (Å²) in [5.41, 5.74) is 0.469. The SMILES string of the molecule is CS(=O)(=O)NN=Cc1c(Cl)cccc1Cl. The Bertz CT molecular complexity index is 465. The Balaban J connectivity index is 2.90. The van der Waals surface area contributed by atoms with Crippen LogP contribution in [-0.2, 0) is 10.0 Å². The molecule has 1 N–H and O–H groups in total. The van der Waals surface area contributed by atoms with E-state index in [1.54, 1.807) is 18.2 Å². The van der Waals surface area contributed by atoms with E-state index in [9.17, 15) is 8.42 Å². The Morgan fingerprint density at radius 3 is 2.33 bits per heavy atom. The van der Waals surface area contributed by atoms with Crippen molar-refractivity contribution < 1.29 is 8.42 Å². The third-order valence-electron chi connectivity index (χ3n) is 1.41. The minimum absolute atomic E-state index is 0.404. The van der Waals surface area contributed by atoms with Gasteiger partial charge in [-0.25, -0.2) is 13.2 Å². The Morgan fingerprint density at radius 2 is 1.87 bits per heavy atom. The van der Waals surface area contributed by atoms with Crippen LogP contribution in [0.25, 0.3) is 0 Å². The smallest absolute Gasteiger partial charge is 0.206 e. The molecule has 0 saturated carbocycles. The van der Waals surface area contributed by atoms with Crippen LogP contribution < -0.4 is 4.83 Å². The lowest BCUT2D eigenvalue weighted by atomic mass is 10.2. The summed E-state index contributed by atoms with van der Waals surface area (Å²) in [5.74, 6) is 0. The summed E-state index contributed by atoms with van der Waals surface area (Å²) in [6, 6.07) is 4.95. The average molecular weight is 267 g/mol. The fourth-order valence-corrected chi connectivity index (χ4v) is 1.56. The Labute approximate surface area is 97.9 Å². The van der Waals surface area contributed by atoms with Gasteiger partial charge in [-0.2, -0.15) is 5.10 Å². The van der Waals surface area contributed by atoms with Gasteiger partial charge in [0, 0.05) is 5.56 Å². The fourth-order valence-electron chi connectivity index (χ4n) is 0.821. The van der Waals surface area contributed by atoms with Crippen LogP contribution in [0.15, 0.2) is 23.3 Å². The second-order valence-electron chi connectivity index (χ2n) is 2.76. The maximum atomic E-state index is 10.7. The van der Waals surface area contributed by atoms with E-state index >= 15 is 0 Å². The van der Waals surface area contributed by atoms with Crippen molar-refractivity contribution in [2.45, 2.75) is 0 Å². The van der Waals surface area contributed by atoms with Crippen molar-refractivity contribution in [3.8, 4) is 0 Å². The lowest BCUT2D eigenvalue weighted by Gasteiger charge is -2.00. The number of nitrogens with one attached hydrogen (secondary N) is 1. The zero-order valence-electron chi connectivity index (χ0n) is 7.74. The minimum Gasteiger partial charge on any atom is -0.206 e. The van der Waals surface area contributed by atoms with Gasteiger partial charge in [-0.1, -0.05) is 29.3 Å². The maximum absolute atomic E-state index is 10.7. The molecule has 1 rings (SSSR count). The lowest BCUT2D eigenvalue weighted by Crippen LogP contribution is -2.15. The van der Waals surface area contributed by atoms with Crippen LogP contribution in [-0.4, -0.2) is 20.9 Å². The average Bonchev–Trinajstić information content (AvgIpc) is 2.08. The number of halogens is 2. The molecule has 0 amide bonds. The van der Waals surface area contributed by atoms with Gasteiger partial charge in [-0.3, -0.25) is 0 Å². The van der Waals surface area contributed by atoms with Gasteiger partial charge in [0.25, 0.3) is 0 Å². The van der Waals surface area contributed by atoms with E-state index in [0.29, 0.717) is 15.6 Å². The first-order chi connectivity index (χ1) is 6.90. The summed E-state index contributed by atoms with van der Waals surface area (Å²) in [6.07, 6.45) is 2.25. The zero-order valence-corrected chi connectivity index (χ0v) is 10.1. The van der Waals surface area contributed by atoms with Crippen molar-refractivity contribution in [1.82, 2.24) is 4.83 Å². The number of nitrogens with zero attached hydrogens (tertiary/aromatic N) is 1. The molecule has 0 aliphatic carbocycles. The highest BCUT2D eigenvalue weighted by Gasteiger charge is 2.02. The molecule has 4 nitrogen and oxygen atoms in total. The van der Waals surface area contributed by atoms with Gasteiger partial charge in [-0.05, 0) is 12.1 Å². The fraction of sp³-hybridized carbons (Fsp3) is 0.125. The molecule has 0 aliphatic heterocycles. The first-order valence-electron chi connectivity index (χ1n) is 3.84. The summed E-state index contributed by atoms with van der Waals surface area (Å²) in [7, 11) is -3.35. The molecule has 0 spiro atoms. The molecule has 0 aliphatic rings. The number of rotatable bonds is 3. The van der Waals surface area contributed by atoms with Crippen molar-refractivity contribution in [3.05, 3.63) is 33.8 Å². The van der Waals surface area contributed by atoms with Gasteiger partial charge in [0.2, 0.25) is 10.0 Å². The molecule has 0 radical (unpaired) electrons. The Hall–Kier alpha value is -0.780. The first kappa shape index (κ1) is 12.3. The Kier molecular flexibility index (Phi) is 3.96. The van der Waals surface area contributed by atoms with Gasteiger partial charge in [0.05, 0.1) is 22.5 Å². The molecule has 0 bridgehead atoms. The van der Waals surface area contributed by atoms with E-state index in [2.05, 4.69) is 5.10 Å². The molecule has 0 aromatic heterocycles. The van der Waals surface area contributed by atoms with Crippen molar-refractivity contribution in [3.63, 3.8) is 0 Å². The summed E-state index contributed by atoms with van der Waals surface area (Å²) in [6.45, 7) is 0. The third kappa shape index (κ3) is 4.07.